The number of hydrogen-bond donors (Lipinski definition) is 1. The average molecular weight is 229 g/mol. The fourth-order valence-corrected chi connectivity index (χ4v) is 2.47. The van der Waals surface area contributed by atoms with Crippen LogP contribution >= 0.6 is 0 Å². The van der Waals surface area contributed by atoms with Gasteiger partial charge in [0.25, 0.3) is 0 Å². The van der Waals surface area contributed by atoms with Crippen LogP contribution < -0.4 is 5.73 Å². The van der Waals surface area contributed by atoms with Crippen LogP contribution in [-0.2, 0) is 0 Å². The number of benzene rings is 1. The maximum atomic E-state index is 5.97. The summed E-state index contributed by atoms with van der Waals surface area (Å²) in [5.41, 5.74) is 7.61. The van der Waals surface area contributed by atoms with Gasteiger partial charge in [-0.2, -0.15) is 0 Å². The Morgan fingerprint density at radius 1 is 1.18 bits per heavy atom. The Bertz CT molecular complexity index is 513. The van der Waals surface area contributed by atoms with Crippen LogP contribution in [0.15, 0.2) is 24.3 Å². The Labute approximate surface area is 99.6 Å². The van der Waals surface area contributed by atoms with Crippen molar-refractivity contribution in [1.82, 2.24) is 20.2 Å². The van der Waals surface area contributed by atoms with Crippen molar-refractivity contribution in [2.24, 2.45) is 0 Å². The minimum atomic E-state index is 0.430. The van der Waals surface area contributed by atoms with E-state index < -0.39 is 0 Å². The molecule has 0 amide bonds. The van der Waals surface area contributed by atoms with E-state index >= 15 is 0 Å². The smallest absolute Gasteiger partial charge is 0.184 e. The zero-order valence-corrected chi connectivity index (χ0v) is 9.58. The largest absolute Gasteiger partial charge is 0.398 e. The van der Waals surface area contributed by atoms with Crippen LogP contribution in [0.4, 0.5) is 5.69 Å². The first-order valence-electron chi connectivity index (χ1n) is 5.99. The summed E-state index contributed by atoms with van der Waals surface area (Å²) in [6, 6.07) is 8.15. The summed E-state index contributed by atoms with van der Waals surface area (Å²) >= 11 is 0. The fourth-order valence-electron chi connectivity index (χ4n) is 2.47. The Kier molecular flexibility index (Phi) is 2.51. The minimum Gasteiger partial charge on any atom is -0.398 e. The Morgan fingerprint density at radius 2 is 1.94 bits per heavy atom. The van der Waals surface area contributed by atoms with E-state index in [1.54, 1.807) is 0 Å². The van der Waals surface area contributed by atoms with Crippen molar-refractivity contribution >= 4 is 5.69 Å². The standard InChI is InChI=1S/C12H15N5/c13-11-8-4-3-7-10(11)12-14-15-16-17(12)9-5-1-2-6-9/h3-4,7-9H,1-2,5-6,13H2. The molecule has 0 radical (unpaired) electrons. The molecule has 2 N–H and O–H groups in total. The maximum absolute atomic E-state index is 5.97. The predicted octanol–water partition coefficient (Wildman–Crippen LogP) is 2.04. The molecule has 1 saturated carbocycles. The Balaban J connectivity index is 2.04. The third kappa shape index (κ3) is 1.77. The van der Waals surface area contributed by atoms with E-state index in [-0.39, 0.29) is 0 Å². The van der Waals surface area contributed by atoms with Crippen molar-refractivity contribution in [3.05, 3.63) is 24.3 Å². The molecule has 1 aliphatic carbocycles. The molecule has 1 aromatic carbocycles. The second kappa shape index (κ2) is 4.16. The van der Waals surface area contributed by atoms with E-state index in [0.717, 1.165) is 29.9 Å². The van der Waals surface area contributed by atoms with Crippen LogP contribution in [0.25, 0.3) is 11.4 Å². The minimum absolute atomic E-state index is 0.430. The normalized spacial score (nSPS) is 16.5. The molecule has 3 rings (SSSR count). The van der Waals surface area contributed by atoms with Gasteiger partial charge in [-0.3, -0.25) is 0 Å². The van der Waals surface area contributed by atoms with Crippen molar-refractivity contribution in [3.63, 3.8) is 0 Å². The van der Waals surface area contributed by atoms with E-state index in [2.05, 4.69) is 15.5 Å². The van der Waals surface area contributed by atoms with Gasteiger partial charge in [-0.05, 0) is 35.4 Å². The topological polar surface area (TPSA) is 69.6 Å². The highest BCUT2D eigenvalue weighted by molar-refractivity contribution is 5.71. The number of tetrazole rings is 1. The molecule has 5 heteroatoms. The lowest BCUT2D eigenvalue weighted by Gasteiger charge is -2.12. The second-order valence-corrected chi connectivity index (χ2v) is 4.47. The van der Waals surface area contributed by atoms with Crippen LogP contribution in [0.2, 0.25) is 0 Å². The van der Waals surface area contributed by atoms with Gasteiger partial charge in [-0.25, -0.2) is 4.68 Å². The molecular weight excluding hydrogens is 214 g/mol. The van der Waals surface area contributed by atoms with Gasteiger partial charge < -0.3 is 5.73 Å². The lowest BCUT2D eigenvalue weighted by Crippen LogP contribution is -2.09. The molecule has 0 spiro atoms. The molecule has 1 heterocycles. The molecule has 88 valence electrons. The van der Waals surface area contributed by atoms with Gasteiger partial charge in [-0.15, -0.1) is 5.10 Å². The summed E-state index contributed by atoms with van der Waals surface area (Å²) in [5.74, 6) is 0.787. The number of anilines is 1. The lowest BCUT2D eigenvalue weighted by atomic mass is 10.1. The molecular formula is C12H15N5. The molecule has 1 fully saturated rings. The van der Waals surface area contributed by atoms with Crippen LogP contribution in [0.1, 0.15) is 31.7 Å². The van der Waals surface area contributed by atoms with E-state index in [0.29, 0.717) is 6.04 Å². The van der Waals surface area contributed by atoms with Crippen molar-refractivity contribution in [2.45, 2.75) is 31.7 Å². The number of nitrogens with zero attached hydrogens (tertiary/aromatic N) is 4. The van der Waals surface area contributed by atoms with Crippen molar-refractivity contribution in [3.8, 4) is 11.4 Å². The van der Waals surface area contributed by atoms with Crippen LogP contribution in [0.5, 0.6) is 0 Å². The lowest BCUT2D eigenvalue weighted by molar-refractivity contribution is 0.458. The van der Waals surface area contributed by atoms with E-state index in [1.165, 1.54) is 12.8 Å². The molecule has 2 aromatic rings. The summed E-state index contributed by atoms with van der Waals surface area (Å²) in [6.45, 7) is 0. The predicted molar refractivity (Wildman–Crippen MR) is 65.2 cm³/mol. The highest BCUT2D eigenvalue weighted by atomic mass is 15.5. The number of rotatable bonds is 2. The number of nitrogen functional groups attached to an aromatic ring is 1. The first-order chi connectivity index (χ1) is 8.36. The third-order valence-corrected chi connectivity index (χ3v) is 3.37. The number of nitrogens with two attached hydrogens (primary N) is 1. The Hall–Kier alpha value is -1.91. The first-order valence-corrected chi connectivity index (χ1v) is 5.99. The number of para-hydroxylation sites is 1. The molecule has 1 aliphatic rings. The van der Waals surface area contributed by atoms with Gasteiger partial charge in [0, 0.05) is 11.3 Å². The van der Waals surface area contributed by atoms with Gasteiger partial charge in [0.2, 0.25) is 0 Å². The summed E-state index contributed by atoms with van der Waals surface area (Å²) < 4.78 is 1.93. The summed E-state index contributed by atoms with van der Waals surface area (Å²) in [4.78, 5) is 0. The van der Waals surface area contributed by atoms with Crippen molar-refractivity contribution in [2.75, 3.05) is 5.73 Å². The third-order valence-electron chi connectivity index (χ3n) is 3.37. The number of aromatic nitrogens is 4. The zero-order chi connectivity index (χ0) is 11.7. The van der Waals surface area contributed by atoms with Crippen LogP contribution in [-0.4, -0.2) is 20.2 Å². The highest BCUT2D eigenvalue weighted by Gasteiger charge is 2.22. The van der Waals surface area contributed by atoms with Crippen molar-refractivity contribution in [1.29, 1.82) is 0 Å². The second-order valence-electron chi connectivity index (χ2n) is 4.47. The maximum Gasteiger partial charge on any atom is 0.184 e. The van der Waals surface area contributed by atoms with Gasteiger partial charge in [0.15, 0.2) is 5.82 Å². The molecule has 0 unspecified atom stereocenters. The Morgan fingerprint density at radius 3 is 2.71 bits per heavy atom. The molecule has 1 aromatic heterocycles. The van der Waals surface area contributed by atoms with E-state index in [4.69, 9.17) is 5.73 Å². The molecule has 17 heavy (non-hydrogen) atoms. The average Bonchev–Trinajstić information content (AvgIpc) is 3.00. The van der Waals surface area contributed by atoms with Gasteiger partial charge in [-0.1, -0.05) is 25.0 Å². The quantitative estimate of drug-likeness (QED) is 0.800. The number of hydrogen-bond acceptors (Lipinski definition) is 4. The summed E-state index contributed by atoms with van der Waals surface area (Å²) in [6.07, 6.45) is 4.83. The monoisotopic (exact) mass is 229 g/mol. The molecule has 0 bridgehead atoms. The fraction of sp³-hybridized carbons (Fsp3) is 0.417. The van der Waals surface area contributed by atoms with Gasteiger partial charge in [0.05, 0.1) is 6.04 Å². The van der Waals surface area contributed by atoms with E-state index in [1.807, 2.05) is 28.9 Å². The van der Waals surface area contributed by atoms with Crippen molar-refractivity contribution < 1.29 is 0 Å². The highest BCUT2D eigenvalue weighted by Crippen LogP contribution is 2.32. The molecule has 0 saturated heterocycles. The zero-order valence-electron chi connectivity index (χ0n) is 9.58. The first kappa shape index (κ1) is 10.3. The van der Waals surface area contributed by atoms with Gasteiger partial charge >= 0.3 is 0 Å². The summed E-state index contributed by atoms with van der Waals surface area (Å²) in [5, 5.41) is 12.0. The van der Waals surface area contributed by atoms with Crippen LogP contribution in [0.3, 0.4) is 0 Å². The summed E-state index contributed by atoms with van der Waals surface area (Å²) in [7, 11) is 0. The van der Waals surface area contributed by atoms with Crippen LogP contribution in [0, 0.1) is 0 Å². The van der Waals surface area contributed by atoms with Gasteiger partial charge in [0.1, 0.15) is 0 Å². The SMILES string of the molecule is Nc1ccccc1-c1nnnn1C1CCCC1. The molecule has 0 atom stereocenters. The molecule has 0 aliphatic heterocycles. The van der Waals surface area contributed by atoms with E-state index in [9.17, 15) is 0 Å². The molecule has 5 nitrogen and oxygen atoms in total.